The number of aldehydes is 1. The van der Waals surface area contributed by atoms with Crippen molar-refractivity contribution in [2.24, 2.45) is 10.9 Å². The molecule has 0 radical (unpaired) electrons. The van der Waals surface area contributed by atoms with Gasteiger partial charge in [0, 0.05) is 29.6 Å². The van der Waals surface area contributed by atoms with Crippen molar-refractivity contribution in [3.8, 4) is 5.75 Å². The van der Waals surface area contributed by atoms with Gasteiger partial charge in [-0.2, -0.15) is 4.99 Å². The number of nitrogens with zero attached hydrogens (tertiary/aromatic N) is 3. The summed E-state index contributed by atoms with van der Waals surface area (Å²) in [6.45, 7) is 3.77. The van der Waals surface area contributed by atoms with Gasteiger partial charge >= 0.3 is 0 Å². The number of nitrogens with one attached hydrogen (secondary N) is 2. The van der Waals surface area contributed by atoms with E-state index in [1.807, 2.05) is 18.4 Å². The second-order valence-electron chi connectivity index (χ2n) is 8.93. The van der Waals surface area contributed by atoms with Crippen molar-refractivity contribution in [3.63, 3.8) is 0 Å². The van der Waals surface area contributed by atoms with E-state index >= 15 is 0 Å². The number of imidazole rings is 1. The Bertz CT molecular complexity index is 1290. The SMILES string of the molecule is CC(C)NC(=O)[C@H]1CC[C@@H](n2/c(=N/C(=O)c3ccc(F)cc3)[nH]c3ncc(OCC=O)cc32)CC1. The van der Waals surface area contributed by atoms with E-state index in [1.54, 1.807) is 6.07 Å². The van der Waals surface area contributed by atoms with Crippen molar-refractivity contribution in [1.29, 1.82) is 0 Å². The summed E-state index contributed by atoms with van der Waals surface area (Å²) in [6, 6.07) is 7.00. The number of halogens is 1. The van der Waals surface area contributed by atoms with Crippen LogP contribution in [0.4, 0.5) is 4.39 Å². The van der Waals surface area contributed by atoms with Crippen molar-refractivity contribution in [2.45, 2.75) is 51.6 Å². The number of aromatic amines is 1. The molecule has 1 aliphatic rings. The molecule has 0 spiro atoms. The van der Waals surface area contributed by atoms with Crippen molar-refractivity contribution in [2.75, 3.05) is 6.61 Å². The second-order valence-corrected chi connectivity index (χ2v) is 8.93. The average Bonchev–Trinajstić information content (AvgIpc) is 3.19. The fourth-order valence-electron chi connectivity index (χ4n) is 4.41. The number of pyridine rings is 1. The average molecular weight is 482 g/mol. The van der Waals surface area contributed by atoms with E-state index in [4.69, 9.17) is 4.74 Å². The number of carbonyl (C=O) groups excluding carboxylic acids is 3. The Morgan fingerprint density at radius 2 is 1.97 bits per heavy atom. The Morgan fingerprint density at radius 1 is 1.26 bits per heavy atom. The molecule has 1 saturated carbocycles. The number of rotatable bonds is 7. The van der Waals surface area contributed by atoms with Gasteiger partial charge in [-0.3, -0.25) is 14.4 Å². The molecule has 2 N–H and O–H groups in total. The maximum absolute atomic E-state index is 13.3. The summed E-state index contributed by atoms with van der Waals surface area (Å²) in [7, 11) is 0. The smallest absolute Gasteiger partial charge is 0.280 e. The molecule has 10 heteroatoms. The molecule has 4 rings (SSSR count). The Balaban J connectivity index is 1.70. The fourth-order valence-corrected chi connectivity index (χ4v) is 4.41. The van der Waals surface area contributed by atoms with Crippen LogP contribution in [0, 0.1) is 11.7 Å². The third-order valence-electron chi connectivity index (χ3n) is 6.04. The van der Waals surface area contributed by atoms with Crippen LogP contribution in [0.15, 0.2) is 41.5 Å². The van der Waals surface area contributed by atoms with Gasteiger partial charge in [-0.1, -0.05) is 0 Å². The van der Waals surface area contributed by atoms with E-state index in [9.17, 15) is 18.8 Å². The van der Waals surface area contributed by atoms with E-state index in [2.05, 4.69) is 20.3 Å². The predicted molar refractivity (Wildman–Crippen MR) is 126 cm³/mol. The highest BCUT2D eigenvalue weighted by molar-refractivity contribution is 5.94. The monoisotopic (exact) mass is 481 g/mol. The van der Waals surface area contributed by atoms with Crippen LogP contribution in [0.5, 0.6) is 5.75 Å². The zero-order valence-electron chi connectivity index (χ0n) is 19.7. The Morgan fingerprint density at radius 3 is 2.63 bits per heavy atom. The number of hydrogen-bond acceptors (Lipinski definition) is 5. The summed E-state index contributed by atoms with van der Waals surface area (Å²) in [5.74, 6) is -0.547. The molecule has 0 aliphatic heterocycles. The number of hydrogen-bond donors (Lipinski definition) is 2. The highest BCUT2D eigenvalue weighted by Crippen LogP contribution is 2.33. The molecule has 2 amide bonds. The van der Waals surface area contributed by atoms with E-state index in [1.165, 1.54) is 30.5 Å². The fraction of sp³-hybridized carbons (Fsp3) is 0.400. The lowest BCUT2D eigenvalue weighted by Crippen LogP contribution is -2.38. The molecule has 9 nitrogen and oxygen atoms in total. The van der Waals surface area contributed by atoms with Crippen LogP contribution >= 0.6 is 0 Å². The molecule has 35 heavy (non-hydrogen) atoms. The summed E-state index contributed by atoms with van der Waals surface area (Å²) >= 11 is 0. The second kappa shape index (κ2) is 10.6. The van der Waals surface area contributed by atoms with Gasteiger partial charge in [0.1, 0.15) is 18.2 Å². The molecular weight excluding hydrogens is 453 g/mol. The van der Waals surface area contributed by atoms with Gasteiger partial charge in [-0.25, -0.2) is 9.37 Å². The van der Waals surface area contributed by atoms with Crippen LogP contribution in [0.2, 0.25) is 0 Å². The standard InChI is InChI=1S/C25H28FN5O4/c1-15(2)28-23(33)17-5-9-19(10-6-17)31-21-13-20(35-12-11-32)14-27-22(21)29-25(31)30-24(34)16-3-7-18(26)8-4-16/h3-4,7-8,11,13-15,17,19H,5-6,9-10,12H2,1-2H3,(H,28,33)(H,27,29,30,34)/t17-,19+. The normalized spacial score (nSPS) is 18.6. The summed E-state index contributed by atoms with van der Waals surface area (Å²) in [5, 5.41) is 2.98. The Labute approximate surface area is 201 Å². The van der Waals surface area contributed by atoms with Gasteiger partial charge in [0.25, 0.3) is 5.91 Å². The number of benzene rings is 1. The molecule has 2 aromatic heterocycles. The number of aromatic nitrogens is 3. The van der Waals surface area contributed by atoms with Crippen LogP contribution in [-0.2, 0) is 9.59 Å². The molecule has 0 bridgehead atoms. The molecule has 3 aromatic rings. The predicted octanol–water partition coefficient (Wildman–Crippen LogP) is 3.08. The number of carbonyl (C=O) groups is 3. The summed E-state index contributed by atoms with van der Waals surface area (Å²) in [5.41, 5.74) is 1.75. The molecule has 1 aromatic carbocycles. The molecule has 1 aliphatic carbocycles. The van der Waals surface area contributed by atoms with E-state index < -0.39 is 11.7 Å². The number of H-pyrrole nitrogens is 1. The van der Waals surface area contributed by atoms with Gasteiger partial charge < -0.3 is 19.6 Å². The van der Waals surface area contributed by atoms with E-state index in [0.717, 1.165) is 0 Å². The Hall–Kier alpha value is -3.82. The van der Waals surface area contributed by atoms with Crippen LogP contribution in [-0.4, -0.2) is 45.3 Å². The first kappa shape index (κ1) is 24.3. The molecule has 184 valence electrons. The Kier molecular flexibility index (Phi) is 7.38. The first-order chi connectivity index (χ1) is 16.9. The summed E-state index contributed by atoms with van der Waals surface area (Å²) in [6.07, 6.45) is 4.96. The lowest BCUT2D eigenvalue weighted by atomic mass is 9.85. The van der Waals surface area contributed by atoms with Gasteiger partial charge in [0.05, 0.1) is 11.7 Å². The maximum atomic E-state index is 13.3. The van der Waals surface area contributed by atoms with Gasteiger partial charge in [-0.05, 0) is 63.8 Å². The first-order valence-electron chi connectivity index (χ1n) is 11.7. The molecule has 0 saturated heterocycles. The third kappa shape index (κ3) is 5.64. The largest absolute Gasteiger partial charge is 0.484 e. The van der Waals surface area contributed by atoms with Crippen LogP contribution in [0.1, 0.15) is 55.9 Å². The maximum Gasteiger partial charge on any atom is 0.280 e. The molecule has 2 heterocycles. The van der Waals surface area contributed by atoms with E-state index in [0.29, 0.717) is 54.5 Å². The molecular formula is C25H28FN5O4. The lowest BCUT2D eigenvalue weighted by molar-refractivity contribution is -0.126. The van der Waals surface area contributed by atoms with Crippen LogP contribution in [0.25, 0.3) is 11.2 Å². The van der Waals surface area contributed by atoms with Gasteiger partial charge in [-0.15, -0.1) is 0 Å². The highest BCUT2D eigenvalue weighted by Gasteiger charge is 2.29. The quantitative estimate of drug-likeness (QED) is 0.503. The third-order valence-corrected chi connectivity index (χ3v) is 6.04. The zero-order chi connectivity index (χ0) is 24.9. The number of amides is 2. The number of ether oxygens (including phenoxy) is 1. The summed E-state index contributed by atoms with van der Waals surface area (Å²) < 4.78 is 20.6. The topological polar surface area (TPSA) is 118 Å². The molecule has 1 fully saturated rings. The van der Waals surface area contributed by atoms with Crippen molar-refractivity contribution < 1.29 is 23.5 Å². The molecule has 0 unspecified atom stereocenters. The van der Waals surface area contributed by atoms with Gasteiger partial charge in [0.2, 0.25) is 11.5 Å². The minimum atomic E-state index is -0.521. The molecule has 0 atom stereocenters. The minimum absolute atomic E-state index is 0.0326. The van der Waals surface area contributed by atoms with Crippen LogP contribution in [0.3, 0.4) is 0 Å². The van der Waals surface area contributed by atoms with Crippen molar-refractivity contribution in [3.05, 3.63) is 53.5 Å². The number of fused-ring (bicyclic) bond motifs is 1. The van der Waals surface area contributed by atoms with Gasteiger partial charge in [0.15, 0.2) is 11.9 Å². The first-order valence-corrected chi connectivity index (χ1v) is 11.7. The highest BCUT2D eigenvalue weighted by atomic mass is 19.1. The van der Waals surface area contributed by atoms with E-state index in [-0.39, 0.29) is 36.1 Å². The van der Waals surface area contributed by atoms with Crippen molar-refractivity contribution >= 4 is 29.3 Å². The zero-order valence-corrected chi connectivity index (χ0v) is 19.7. The lowest BCUT2D eigenvalue weighted by Gasteiger charge is -2.29. The van der Waals surface area contributed by atoms with Crippen molar-refractivity contribution in [1.82, 2.24) is 19.9 Å². The van der Waals surface area contributed by atoms with Crippen LogP contribution < -0.4 is 15.7 Å². The summed E-state index contributed by atoms with van der Waals surface area (Å²) in [4.78, 5) is 47.8. The minimum Gasteiger partial charge on any atom is -0.484 e.